The maximum absolute atomic E-state index is 13.6. The Morgan fingerprint density at radius 1 is 1.05 bits per heavy atom. The number of anilines is 1. The molecule has 0 spiro atoms. The maximum atomic E-state index is 13.6. The molecule has 0 radical (unpaired) electrons. The molecule has 21 heavy (non-hydrogen) atoms. The van der Waals surface area contributed by atoms with Crippen molar-refractivity contribution in [2.24, 2.45) is 0 Å². The number of nitrogens with zero attached hydrogens (tertiary/aromatic N) is 1. The van der Waals surface area contributed by atoms with Gasteiger partial charge in [-0.3, -0.25) is 0 Å². The van der Waals surface area contributed by atoms with Crippen molar-refractivity contribution in [3.63, 3.8) is 0 Å². The minimum atomic E-state index is -1.27. The molecule has 3 rings (SSSR count). The summed E-state index contributed by atoms with van der Waals surface area (Å²) in [6.45, 7) is 0.156. The van der Waals surface area contributed by atoms with Crippen molar-refractivity contribution in [2.45, 2.75) is 6.54 Å². The molecule has 3 aromatic rings. The van der Waals surface area contributed by atoms with Crippen molar-refractivity contribution in [1.29, 1.82) is 0 Å². The lowest BCUT2D eigenvalue weighted by Crippen LogP contribution is -1.99. The van der Waals surface area contributed by atoms with Crippen molar-refractivity contribution >= 4 is 27.2 Å². The van der Waals surface area contributed by atoms with E-state index in [9.17, 15) is 17.6 Å². The van der Waals surface area contributed by atoms with Gasteiger partial charge in [-0.25, -0.2) is 22.5 Å². The molecule has 0 unspecified atom stereocenters. The third-order valence-electron chi connectivity index (χ3n) is 2.83. The molecular weight excluding hydrogens is 304 g/mol. The summed E-state index contributed by atoms with van der Waals surface area (Å²) in [6.07, 6.45) is 0. The number of hydrogen-bond donors (Lipinski definition) is 1. The lowest BCUT2D eigenvalue weighted by Gasteiger charge is -2.03. The van der Waals surface area contributed by atoms with Crippen LogP contribution in [0.2, 0.25) is 0 Å². The van der Waals surface area contributed by atoms with Crippen molar-refractivity contribution in [1.82, 2.24) is 4.98 Å². The highest BCUT2D eigenvalue weighted by Gasteiger charge is 2.17. The first-order valence-electron chi connectivity index (χ1n) is 5.97. The fourth-order valence-corrected chi connectivity index (χ4v) is 2.79. The van der Waals surface area contributed by atoms with Crippen LogP contribution in [-0.4, -0.2) is 4.98 Å². The fraction of sp³-hybridized carbons (Fsp3) is 0.0714. The van der Waals surface area contributed by atoms with Gasteiger partial charge in [0.25, 0.3) is 0 Å². The van der Waals surface area contributed by atoms with Gasteiger partial charge in [-0.05, 0) is 18.2 Å². The zero-order valence-electron chi connectivity index (χ0n) is 10.5. The second-order valence-corrected chi connectivity index (χ2v) is 5.39. The van der Waals surface area contributed by atoms with Crippen molar-refractivity contribution in [2.75, 3.05) is 5.32 Å². The van der Waals surface area contributed by atoms with Crippen molar-refractivity contribution < 1.29 is 17.6 Å². The molecule has 0 aliphatic carbocycles. The Morgan fingerprint density at radius 2 is 1.86 bits per heavy atom. The Bertz CT molecular complexity index is 816. The highest BCUT2D eigenvalue weighted by Crippen LogP contribution is 2.29. The summed E-state index contributed by atoms with van der Waals surface area (Å²) in [6, 6.07) is 6.27. The van der Waals surface area contributed by atoms with Crippen LogP contribution in [0.5, 0.6) is 0 Å². The van der Waals surface area contributed by atoms with E-state index in [2.05, 4.69) is 10.3 Å². The Labute approximate surface area is 121 Å². The summed E-state index contributed by atoms with van der Waals surface area (Å²) in [5.41, 5.74) is 0.190. The van der Waals surface area contributed by atoms with E-state index >= 15 is 0 Å². The van der Waals surface area contributed by atoms with E-state index in [4.69, 9.17) is 0 Å². The summed E-state index contributed by atoms with van der Waals surface area (Å²) in [5, 5.41) is 3.26. The van der Waals surface area contributed by atoms with Crippen LogP contribution in [0.1, 0.15) is 5.01 Å². The standard InChI is InChI=1S/C14H8F4N2S/c15-7-2-1-3-8(4-7)19-6-11-20-13-12(18)9(16)5-10(17)14(13)21-11/h1-5,19H,6H2. The second kappa shape index (κ2) is 5.33. The van der Waals surface area contributed by atoms with E-state index in [1.165, 1.54) is 18.2 Å². The molecule has 1 aromatic heterocycles. The SMILES string of the molecule is Fc1cccc(NCc2nc3c(F)c(F)cc(F)c3s2)c1. The van der Waals surface area contributed by atoms with Crippen LogP contribution in [0.25, 0.3) is 10.2 Å². The first-order valence-corrected chi connectivity index (χ1v) is 6.78. The number of aromatic nitrogens is 1. The molecule has 0 atom stereocenters. The van der Waals surface area contributed by atoms with Gasteiger partial charge in [-0.15, -0.1) is 11.3 Å². The number of rotatable bonds is 3. The molecule has 108 valence electrons. The molecule has 0 saturated carbocycles. The van der Waals surface area contributed by atoms with Gasteiger partial charge in [-0.1, -0.05) is 6.07 Å². The van der Waals surface area contributed by atoms with Gasteiger partial charge in [0.1, 0.15) is 22.2 Å². The lowest BCUT2D eigenvalue weighted by molar-refractivity contribution is 0.504. The van der Waals surface area contributed by atoms with E-state index in [-0.39, 0.29) is 16.8 Å². The number of halogens is 4. The first kappa shape index (κ1) is 13.8. The molecule has 2 nitrogen and oxygen atoms in total. The van der Waals surface area contributed by atoms with Crippen LogP contribution >= 0.6 is 11.3 Å². The Morgan fingerprint density at radius 3 is 2.62 bits per heavy atom. The molecular formula is C14H8F4N2S. The van der Waals surface area contributed by atoms with Crippen LogP contribution in [-0.2, 0) is 6.54 Å². The van der Waals surface area contributed by atoms with E-state index in [1.807, 2.05) is 0 Å². The zero-order chi connectivity index (χ0) is 15.0. The monoisotopic (exact) mass is 312 g/mol. The molecule has 0 aliphatic heterocycles. The van der Waals surface area contributed by atoms with Gasteiger partial charge >= 0.3 is 0 Å². The smallest absolute Gasteiger partial charge is 0.186 e. The molecule has 7 heteroatoms. The van der Waals surface area contributed by atoms with Gasteiger partial charge in [0.05, 0.1) is 11.2 Å². The van der Waals surface area contributed by atoms with E-state index < -0.39 is 23.3 Å². The molecule has 1 heterocycles. The summed E-state index contributed by atoms with van der Waals surface area (Å²) >= 11 is 0.921. The second-order valence-electron chi connectivity index (χ2n) is 4.30. The third-order valence-corrected chi connectivity index (χ3v) is 3.89. The lowest BCUT2D eigenvalue weighted by atomic mass is 10.3. The normalized spacial score (nSPS) is 11.0. The Kier molecular flexibility index (Phi) is 3.50. The fourth-order valence-electron chi connectivity index (χ4n) is 1.88. The molecule has 0 saturated heterocycles. The Hall–Kier alpha value is -2.15. The molecule has 0 aliphatic rings. The van der Waals surface area contributed by atoms with E-state index in [1.54, 1.807) is 6.07 Å². The number of nitrogens with one attached hydrogen (secondary N) is 1. The van der Waals surface area contributed by atoms with Gasteiger partial charge in [0.15, 0.2) is 11.6 Å². The van der Waals surface area contributed by atoms with E-state index in [0.717, 1.165) is 11.3 Å². The predicted octanol–water partition coefficient (Wildman–Crippen LogP) is 4.46. The van der Waals surface area contributed by atoms with Crippen LogP contribution < -0.4 is 5.32 Å². The molecule has 0 bridgehead atoms. The molecule has 2 aromatic carbocycles. The predicted molar refractivity (Wildman–Crippen MR) is 73.2 cm³/mol. The van der Waals surface area contributed by atoms with Crippen LogP contribution in [0, 0.1) is 23.3 Å². The number of fused-ring (bicyclic) bond motifs is 1. The highest BCUT2D eigenvalue weighted by molar-refractivity contribution is 7.18. The summed E-state index contributed by atoms with van der Waals surface area (Å²) in [5.74, 6) is -3.68. The summed E-state index contributed by atoms with van der Waals surface area (Å²) in [4.78, 5) is 3.88. The molecule has 0 amide bonds. The molecule has 1 N–H and O–H groups in total. The first-order chi connectivity index (χ1) is 10.0. The van der Waals surface area contributed by atoms with Gasteiger partial charge < -0.3 is 5.32 Å². The van der Waals surface area contributed by atoms with Gasteiger partial charge in [0.2, 0.25) is 0 Å². The van der Waals surface area contributed by atoms with E-state index in [0.29, 0.717) is 16.8 Å². The highest BCUT2D eigenvalue weighted by atomic mass is 32.1. The van der Waals surface area contributed by atoms with Crippen molar-refractivity contribution in [3.05, 3.63) is 58.6 Å². The number of hydrogen-bond acceptors (Lipinski definition) is 3. The zero-order valence-corrected chi connectivity index (χ0v) is 11.3. The van der Waals surface area contributed by atoms with Crippen LogP contribution in [0.3, 0.4) is 0 Å². The van der Waals surface area contributed by atoms with Gasteiger partial charge in [0, 0.05) is 11.8 Å². The maximum Gasteiger partial charge on any atom is 0.186 e. The number of thiazole rings is 1. The van der Waals surface area contributed by atoms with Gasteiger partial charge in [-0.2, -0.15) is 0 Å². The quantitative estimate of drug-likeness (QED) is 0.570. The largest absolute Gasteiger partial charge is 0.378 e. The summed E-state index contributed by atoms with van der Waals surface area (Å²) in [7, 11) is 0. The average molecular weight is 312 g/mol. The van der Waals surface area contributed by atoms with Crippen molar-refractivity contribution in [3.8, 4) is 0 Å². The number of benzene rings is 2. The van der Waals surface area contributed by atoms with Crippen LogP contribution in [0.15, 0.2) is 30.3 Å². The molecule has 0 fully saturated rings. The topological polar surface area (TPSA) is 24.9 Å². The average Bonchev–Trinajstić information content (AvgIpc) is 2.88. The van der Waals surface area contributed by atoms with Crippen LogP contribution in [0.4, 0.5) is 23.2 Å². The summed E-state index contributed by atoms with van der Waals surface area (Å²) < 4.78 is 53.2. The minimum Gasteiger partial charge on any atom is -0.378 e. The Balaban J connectivity index is 1.88. The third kappa shape index (κ3) is 2.69. The minimum absolute atomic E-state index is 0.0371.